The summed E-state index contributed by atoms with van der Waals surface area (Å²) in [4.78, 5) is 0. The first kappa shape index (κ1) is 12.8. The fourth-order valence-corrected chi connectivity index (χ4v) is 17.8. The van der Waals surface area contributed by atoms with E-state index in [0.29, 0.717) is 6.42 Å². The molecule has 0 aromatic rings. The normalized spacial score (nSPS) is 20.0. The minimum absolute atomic E-state index is 0.704. The molecule has 0 aromatic carbocycles. The van der Waals surface area contributed by atoms with Gasteiger partial charge in [-0.05, 0) is 0 Å². The minimum atomic E-state index is -4.43. The molecule has 14 heavy (non-hydrogen) atoms. The molecule has 1 aliphatic rings. The van der Waals surface area contributed by atoms with Gasteiger partial charge in [0.2, 0.25) is 0 Å². The Balaban J connectivity index is 3.13. The van der Waals surface area contributed by atoms with Crippen molar-refractivity contribution >= 4 is 12.1 Å². The van der Waals surface area contributed by atoms with Gasteiger partial charge in [-0.1, -0.05) is 0 Å². The summed E-state index contributed by atoms with van der Waals surface area (Å²) in [6.45, 7) is 0. The molecule has 0 N–H and O–H groups in total. The summed E-state index contributed by atoms with van der Waals surface area (Å²) in [6, 6.07) is 0. The van der Waals surface area contributed by atoms with E-state index in [-0.39, 0.29) is 0 Å². The summed E-state index contributed by atoms with van der Waals surface area (Å²) in [5.41, 5.74) is 0. The van der Waals surface area contributed by atoms with Gasteiger partial charge >= 0.3 is 90.9 Å². The van der Waals surface area contributed by atoms with E-state index in [1.807, 2.05) is 18.2 Å². The first-order valence-corrected chi connectivity index (χ1v) is 20.3. The molecule has 0 radical (unpaired) electrons. The van der Waals surface area contributed by atoms with Crippen molar-refractivity contribution in [1.29, 1.82) is 0 Å². The summed E-state index contributed by atoms with van der Waals surface area (Å²) >= 11 is -6.86. The molecule has 1 rings (SSSR count). The van der Waals surface area contributed by atoms with Gasteiger partial charge in [-0.2, -0.15) is 0 Å². The van der Waals surface area contributed by atoms with E-state index in [9.17, 15) is 3.50 Å². The van der Waals surface area contributed by atoms with Crippen LogP contribution in [0.5, 0.6) is 0 Å². The molecular formula is C8H16FGeO3Zr. The topological polar surface area (TPSA) is 27.7 Å². The van der Waals surface area contributed by atoms with Crippen LogP contribution in [0.4, 0.5) is 3.50 Å². The fourth-order valence-electron chi connectivity index (χ4n) is 1.70. The third kappa shape index (κ3) is 1.74. The van der Waals surface area contributed by atoms with Crippen LogP contribution in [0.25, 0.3) is 0 Å². The molecule has 81 valence electrons. The number of hydrogen-bond donors (Lipinski definition) is 0. The van der Waals surface area contributed by atoms with Crippen LogP contribution in [0.1, 0.15) is 6.42 Å². The van der Waals surface area contributed by atoms with Crippen LogP contribution in [0.2, 0.25) is 0 Å². The zero-order valence-corrected chi connectivity index (χ0v) is 14.2. The zero-order valence-electron chi connectivity index (χ0n) is 8.75. The number of allylic oxidation sites excluding steroid dienone is 4. The molecule has 0 saturated carbocycles. The van der Waals surface area contributed by atoms with Crippen LogP contribution in [-0.4, -0.2) is 33.4 Å². The van der Waals surface area contributed by atoms with E-state index in [1.54, 1.807) is 0 Å². The average molecular weight is 343 g/mol. The molecule has 0 unspecified atom stereocenters. The second-order valence-corrected chi connectivity index (χ2v) is 32.7. The molecule has 0 saturated heterocycles. The van der Waals surface area contributed by atoms with Crippen LogP contribution >= 0.6 is 0 Å². The second kappa shape index (κ2) is 4.70. The van der Waals surface area contributed by atoms with Crippen molar-refractivity contribution in [1.82, 2.24) is 0 Å². The van der Waals surface area contributed by atoms with Gasteiger partial charge < -0.3 is 0 Å². The third-order valence-electron chi connectivity index (χ3n) is 2.86. The molecule has 0 aromatic heterocycles. The molecule has 0 amide bonds. The molecule has 3 nitrogen and oxygen atoms in total. The van der Waals surface area contributed by atoms with Gasteiger partial charge in [0.15, 0.2) is 0 Å². The van der Waals surface area contributed by atoms with Gasteiger partial charge in [0, 0.05) is 0 Å². The maximum atomic E-state index is 13.5. The van der Waals surface area contributed by atoms with Gasteiger partial charge in [-0.3, -0.25) is 0 Å². The van der Waals surface area contributed by atoms with E-state index >= 15 is 0 Å². The number of hydrogen-bond acceptors (Lipinski definition) is 3. The monoisotopic (exact) mass is 343 g/mol. The summed E-state index contributed by atoms with van der Waals surface area (Å²) in [5.74, 6) is 0. The fraction of sp³-hybridized carbons (Fsp3) is 0.500. The number of halogens is 1. The Hall–Kier alpha value is 0.716. The summed E-state index contributed by atoms with van der Waals surface area (Å²) < 4.78 is 30.6. The van der Waals surface area contributed by atoms with Crippen molar-refractivity contribution in [3.05, 3.63) is 21.5 Å². The summed E-state index contributed by atoms with van der Waals surface area (Å²) in [6.07, 6.45) is 6.46. The van der Waals surface area contributed by atoms with Crippen molar-refractivity contribution in [3.63, 3.8) is 0 Å². The van der Waals surface area contributed by atoms with Crippen LogP contribution in [0, 0.1) is 0 Å². The van der Waals surface area contributed by atoms with Gasteiger partial charge in [0.05, 0.1) is 0 Å². The molecule has 0 aliphatic heterocycles. The van der Waals surface area contributed by atoms with Gasteiger partial charge in [0.25, 0.3) is 0 Å². The van der Waals surface area contributed by atoms with Crippen molar-refractivity contribution in [2.24, 2.45) is 0 Å². The third-order valence-corrected chi connectivity index (χ3v) is 36.2. The van der Waals surface area contributed by atoms with Gasteiger partial charge in [-0.15, -0.1) is 0 Å². The quantitative estimate of drug-likeness (QED) is 0.702. The first-order valence-electron chi connectivity index (χ1n) is 4.43. The van der Waals surface area contributed by atoms with E-state index in [4.69, 9.17) is 8.44 Å². The van der Waals surface area contributed by atoms with Gasteiger partial charge in [-0.25, -0.2) is 0 Å². The first-order chi connectivity index (χ1) is 6.67. The van der Waals surface area contributed by atoms with E-state index < -0.39 is 29.7 Å². The predicted molar refractivity (Wildman–Crippen MR) is 52.5 cm³/mol. The zero-order chi connectivity index (χ0) is 10.7. The molecule has 0 bridgehead atoms. The van der Waals surface area contributed by atoms with Crippen LogP contribution < -0.4 is 0 Å². The van der Waals surface area contributed by atoms with E-state index in [1.165, 1.54) is 21.3 Å². The number of rotatable bonds is 5. The molecule has 0 atom stereocenters. The summed E-state index contributed by atoms with van der Waals surface area (Å²) in [5, 5.41) is 0. The average Bonchev–Trinajstić information content (AvgIpc) is 2.78. The Morgan fingerprint density at radius 2 is 1.86 bits per heavy atom. The van der Waals surface area contributed by atoms with Crippen LogP contribution in [0.3, 0.4) is 0 Å². The molecule has 1 aliphatic carbocycles. The van der Waals surface area contributed by atoms with Crippen LogP contribution in [0.15, 0.2) is 21.5 Å². The van der Waals surface area contributed by atoms with Crippen LogP contribution in [-0.2, 0) is 26.0 Å². The molecular weight excluding hydrogens is 327 g/mol. The Morgan fingerprint density at radius 1 is 1.29 bits per heavy atom. The van der Waals surface area contributed by atoms with E-state index in [0.717, 1.165) is 3.28 Å². The van der Waals surface area contributed by atoms with Crippen molar-refractivity contribution in [2.75, 3.05) is 21.3 Å². The molecule has 6 heteroatoms. The van der Waals surface area contributed by atoms with Crippen molar-refractivity contribution in [3.8, 4) is 0 Å². The second-order valence-electron chi connectivity index (χ2n) is 3.24. The van der Waals surface area contributed by atoms with Crippen molar-refractivity contribution < 1.29 is 29.5 Å². The Morgan fingerprint density at radius 3 is 2.14 bits per heavy atom. The summed E-state index contributed by atoms with van der Waals surface area (Å²) in [7, 11) is 4.51. The predicted octanol–water partition coefficient (Wildman–Crippen LogP) is 1.17. The Bertz CT molecular complexity index is 252. The Kier molecular flexibility index (Phi) is 4.29. The molecule has 0 fully saturated rings. The van der Waals surface area contributed by atoms with Crippen molar-refractivity contribution in [2.45, 2.75) is 6.42 Å². The SMILES string of the molecule is C[O][Zr]([O]C)([O]C)([GeH2][F])[C]1=CC=CC1. The standard InChI is InChI=1S/C5H5.3CH3O.FGeH2.Zr/c1-2-4-5-3-1;4*1-2;/h1-3H,4H2;3*1H3;2H2;/q;3*-1;;+3. The maximum absolute atomic E-state index is 13.5. The van der Waals surface area contributed by atoms with E-state index in [2.05, 4.69) is 0 Å². The molecule has 0 spiro atoms. The van der Waals surface area contributed by atoms with Gasteiger partial charge in [0.1, 0.15) is 0 Å². The Labute approximate surface area is 90.4 Å². The molecule has 0 heterocycles.